The molecule has 0 aliphatic rings. The minimum absolute atomic E-state index is 0.121. The lowest BCUT2D eigenvalue weighted by molar-refractivity contribution is 0.622. The van der Waals surface area contributed by atoms with Crippen molar-refractivity contribution in [2.24, 2.45) is 5.73 Å². The van der Waals surface area contributed by atoms with Gasteiger partial charge >= 0.3 is 0 Å². The first kappa shape index (κ1) is 14.8. The first-order valence-corrected chi connectivity index (χ1v) is 7.17. The van der Waals surface area contributed by atoms with E-state index < -0.39 is 5.82 Å². The Hall–Kier alpha value is -0.610. The third-order valence-electron chi connectivity index (χ3n) is 2.83. The number of nitrogens with two attached hydrogens (primary N) is 1. The zero-order valence-corrected chi connectivity index (χ0v) is 12.9. The Balaban J connectivity index is 2.28. The molecular formula is C14H11BrCl2FN. The summed E-state index contributed by atoms with van der Waals surface area (Å²) in [5, 5.41) is 0.732. The van der Waals surface area contributed by atoms with E-state index in [-0.39, 0.29) is 11.1 Å². The average molecular weight is 363 g/mol. The normalized spacial score (nSPS) is 12.5. The van der Waals surface area contributed by atoms with Crippen molar-refractivity contribution in [3.63, 3.8) is 0 Å². The second kappa shape index (κ2) is 6.23. The maximum absolute atomic E-state index is 13.4. The Morgan fingerprint density at radius 1 is 1.21 bits per heavy atom. The van der Waals surface area contributed by atoms with Crippen molar-refractivity contribution in [1.29, 1.82) is 0 Å². The monoisotopic (exact) mass is 361 g/mol. The summed E-state index contributed by atoms with van der Waals surface area (Å²) in [4.78, 5) is 0. The van der Waals surface area contributed by atoms with E-state index >= 15 is 0 Å². The Morgan fingerprint density at radius 3 is 2.68 bits per heavy atom. The summed E-state index contributed by atoms with van der Waals surface area (Å²) < 4.78 is 14.2. The summed E-state index contributed by atoms with van der Waals surface area (Å²) >= 11 is 15.3. The van der Waals surface area contributed by atoms with Crippen LogP contribution in [0.2, 0.25) is 10.0 Å². The van der Waals surface area contributed by atoms with Crippen LogP contribution >= 0.6 is 39.1 Å². The van der Waals surface area contributed by atoms with Crippen molar-refractivity contribution in [2.75, 3.05) is 0 Å². The molecule has 2 N–H and O–H groups in total. The Morgan fingerprint density at radius 2 is 1.95 bits per heavy atom. The highest BCUT2D eigenvalue weighted by Crippen LogP contribution is 2.29. The molecule has 0 amide bonds. The Labute approximate surface area is 129 Å². The zero-order valence-electron chi connectivity index (χ0n) is 9.84. The highest BCUT2D eigenvalue weighted by Gasteiger charge is 2.14. The van der Waals surface area contributed by atoms with Crippen LogP contribution in [0.25, 0.3) is 0 Å². The van der Waals surface area contributed by atoms with E-state index in [0.717, 1.165) is 10.0 Å². The molecule has 0 fully saturated rings. The summed E-state index contributed by atoms with van der Waals surface area (Å²) in [6, 6.07) is 9.81. The summed E-state index contributed by atoms with van der Waals surface area (Å²) in [5.74, 6) is -0.434. The van der Waals surface area contributed by atoms with Gasteiger partial charge in [-0.2, -0.15) is 0 Å². The molecule has 2 aromatic carbocycles. The van der Waals surface area contributed by atoms with E-state index in [4.69, 9.17) is 28.9 Å². The topological polar surface area (TPSA) is 26.0 Å². The van der Waals surface area contributed by atoms with Crippen LogP contribution in [0.1, 0.15) is 17.2 Å². The van der Waals surface area contributed by atoms with E-state index in [2.05, 4.69) is 15.9 Å². The van der Waals surface area contributed by atoms with Crippen LogP contribution in [0.5, 0.6) is 0 Å². The van der Waals surface area contributed by atoms with Gasteiger partial charge in [0.05, 0.1) is 5.02 Å². The second-order valence-corrected chi connectivity index (χ2v) is 5.86. The van der Waals surface area contributed by atoms with Gasteiger partial charge in [0, 0.05) is 15.5 Å². The molecule has 1 unspecified atom stereocenters. The molecule has 0 heterocycles. The molecule has 0 saturated heterocycles. The van der Waals surface area contributed by atoms with Gasteiger partial charge in [-0.05, 0) is 41.8 Å². The van der Waals surface area contributed by atoms with Crippen molar-refractivity contribution in [3.8, 4) is 0 Å². The molecule has 0 radical (unpaired) electrons. The van der Waals surface area contributed by atoms with Crippen molar-refractivity contribution in [1.82, 2.24) is 0 Å². The van der Waals surface area contributed by atoms with Gasteiger partial charge in [0.15, 0.2) is 0 Å². The zero-order chi connectivity index (χ0) is 14.0. The Kier molecular flexibility index (Phi) is 4.85. The standard InChI is InChI=1S/C14H11BrCl2FN/c15-11-5-4-9(16)7-10(11)13(19)6-8-2-1-3-12(18)14(8)17/h1-5,7,13H,6,19H2. The van der Waals surface area contributed by atoms with Crippen LogP contribution in [-0.4, -0.2) is 0 Å². The minimum Gasteiger partial charge on any atom is -0.324 e. The molecule has 0 aliphatic heterocycles. The molecule has 1 atom stereocenters. The fourth-order valence-corrected chi connectivity index (χ4v) is 2.78. The van der Waals surface area contributed by atoms with Gasteiger partial charge in [-0.3, -0.25) is 0 Å². The van der Waals surface area contributed by atoms with E-state index in [1.54, 1.807) is 24.3 Å². The smallest absolute Gasteiger partial charge is 0.142 e. The van der Waals surface area contributed by atoms with Crippen LogP contribution in [0.3, 0.4) is 0 Å². The largest absolute Gasteiger partial charge is 0.324 e. The molecule has 0 bridgehead atoms. The summed E-state index contributed by atoms with van der Waals surface area (Å²) in [5.41, 5.74) is 7.70. The van der Waals surface area contributed by atoms with E-state index in [9.17, 15) is 4.39 Å². The molecule has 0 aromatic heterocycles. The molecule has 0 spiro atoms. The average Bonchev–Trinajstić information content (AvgIpc) is 2.38. The van der Waals surface area contributed by atoms with Gasteiger partial charge in [-0.25, -0.2) is 4.39 Å². The van der Waals surface area contributed by atoms with Crippen molar-refractivity contribution >= 4 is 39.1 Å². The van der Waals surface area contributed by atoms with Gasteiger partial charge in [0.2, 0.25) is 0 Å². The summed E-state index contributed by atoms with van der Waals surface area (Å²) in [6.45, 7) is 0. The lowest BCUT2D eigenvalue weighted by Crippen LogP contribution is -2.14. The molecule has 2 aromatic rings. The maximum Gasteiger partial charge on any atom is 0.142 e. The van der Waals surface area contributed by atoms with Crippen molar-refractivity contribution in [2.45, 2.75) is 12.5 Å². The third-order valence-corrected chi connectivity index (χ3v) is 4.21. The molecule has 100 valence electrons. The van der Waals surface area contributed by atoms with E-state index in [1.165, 1.54) is 6.07 Å². The number of hydrogen-bond acceptors (Lipinski definition) is 1. The van der Waals surface area contributed by atoms with Gasteiger partial charge in [0.25, 0.3) is 0 Å². The van der Waals surface area contributed by atoms with Crippen LogP contribution in [0, 0.1) is 5.82 Å². The van der Waals surface area contributed by atoms with Gasteiger partial charge < -0.3 is 5.73 Å². The van der Waals surface area contributed by atoms with Crippen molar-refractivity contribution in [3.05, 3.63) is 67.9 Å². The van der Waals surface area contributed by atoms with Crippen molar-refractivity contribution < 1.29 is 4.39 Å². The molecular weight excluding hydrogens is 352 g/mol. The van der Waals surface area contributed by atoms with E-state index in [0.29, 0.717) is 17.0 Å². The SMILES string of the molecule is NC(Cc1cccc(F)c1Cl)c1cc(Cl)ccc1Br. The molecule has 0 saturated carbocycles. The second-order valence-electron chi connectivity index (χ2n) is 4.19. The van der Waals surface area contributed by atoms with Gasteiger partial charge in [-0.15, -0.1) is 0 Å². The van der Waals surface area contributed by atoms with Crippen LogP contribution in [-0.2, 0) is 6.42 Å². The maximum atomic E-state index is 13.4. The third kappa shape index (κ3) is 3.48. The highest BCUT2D eigenvalue weighted by molar-refractivity contribution is 9.10. The molecule has 0 aliphatic carbocycles. The first-order valence-electron chi connectivity index (χ1n) is 5.62. The van der Waals surface area contributed by atoms with Crippen LogP contribution in [0.15, 0.2) is 40.9 Å². The lowest BCUT2D eigenvalue weighted by atomic mass is 9.99. The molecule has 1 nitrogen and oxygen atoms in total. The van der Waals surface area contributed by atoms with Crippen LogP contribution < -0.4 is 5.73 Å². The predicted molar refractivity (Wildman–Crippen MR) is 81.2 cm³/mol. The van der Waals surface area contributed by atoms with E-state index in [1.807, 2.05) is 6.07 Å². The summed E-state index contributed by atoms with van der Waals surface area (Å²) in [6.07, 6.45) is 0.440. The Bertz CT molecular complexity index is 604. The molecule has 19 heavy (non-hydrogen) atoms. The quantitative estimate of drug-likeness (QED) is 0.803. The first-order chi connectivity index (χ1) is 8.99. The minimum atomic E-state index is -0.434. The van der Waals surface area contributed by atoms with Crippen LogP contribution in [0.4, 0.5) is 4.39 Å². The summed E-state index contributed by atoms with van der Waals surface area (Å²) in [7, 11) is 0. The molecule has 2 rings (SSSR count). The number of rotatable bonds is 3. The highest BCUT2D eigenvalue weighted by atomic mass is 79.9. The number of hydrogen-bond donors (Lipinski definition) is 1. The fraction of sp³-hybridized carbons (Fsp3) is 0.143. The lowest BCUT2D eigenvalue weighted by Gasteiger charge is -2.15. The predicted octanol–water partition coefficient (Wildman–Crippen LogP) is 5.14. The fourth-order valence-electron chi connectivity index (χ4n) is 1.85. The number of halogens is 4. The molecule has 5 heteroatoms. The van der Waals surface area contributed by atoms with Gasteiger partial charge in [-0.1, -0.05) is 51.3 Å². The number of benzene rings is 2. The van der Waals surface area contributed by atoms with Gasteiger partial charge in [0.1, 0.15) is 5.82 Å².